The lowest BCUT2D eigenvalue weighted by Crippen LogP contribution is -2.49. The fourth-order valence-corrected chi connectivity index (χ4v) is 5.03. The van der Waals surface area contributed by atoms with Crippen LogP contribution < -0.4 is 5.32 Å². The summed E-state index contributed by atoms with van der Waals surface area (Å²) in [5.74, 6) is -0.820. The Morgan fingerprint density at radius 1 is 1.12 bits per heavy atom. The Hall–Kier alpha value is -2.15. The standard InChI is InChI=1S/C25H27Cl2FN2O3/c26-21-7-6-17(13-22(21)27)24(32)30-10-2-3-18(15-30)23(31)29-16-25(8-11-33-12-9-25)19-4-1-5-20(28)14-19/h1,4-7,13-14,18H,2-3,8-12,15-16H2,(H,29,31). The zero-order valence-corrected chi connectivity index (χ0v) is 19.8. The molecule has 2 aliphatic rings. The van der Waals surface area contributed by atoms with E-state index in [1.807, 2.05) is 6.07 Å². The predicted octanol–water partition coefficient (Wildman–Crippen LogP) is 4.85. The zero-order chi connectivity index (χ0) is 23.4. The van der Waals surface area contributed by atoms with E-state index in [0.717, 1.165) is 12.0 Å². The van der Waals surface area contributed by atoms with E-state index in [-0.39, 0.29) is 29.0 Å². The van der Waals surface area contributed by atoms with E-state index in [1.54, 1.807) is 35.2 Å². The van der Waals surface area contributed by atoms with Gasteiger partial charge in [0.2, 0.25) is 5.91 Å². The first kappa shape index (κ1) is 24.0. The molecular formula is C25H27Cl2FN2O3. The van der Waals surface area contributed by atoms with Gasteiger partial charge in [0.15, 0.2) is 0 Å². The number of hydrogen-bond acceptors (Lipinski definition) is 3. The molecule has 0 aliphatic carbocycles. The highest BCUT2D eigenvalue weighted by atomic mass is 35.5. The minimum Gasteiger partial charge on any atom is -0.381 e. The number of nitrogens with zero attached hydrogens (tertiary/aromatic N) is 1. The number of piperidine rings is 1. The van der Waals surface area contributed by atoms with Crippen LogP contribution in [0.15, 0.2) is 42.5 Å². The average molecular weight is 493 g/mol. The van der Waals surface area contributed by atoms with E-state index in [0.29, 0.717) is 67.7 Å². The molecule has 0 radical (unpaired) electrons. The molecule has 0 spiro atoms. The summed E-state index contributed by atoms with van der Waals surface area (Å²) in [6, 6.07) is 11.4. The highest BCUT2D eigenvalue weighted by molar-refractivity contribution is 6.42. The van der Waals surface area contributed by atoms with Gasteiger partial charge < -0.3 is 15.0 Å². The summed E-state index contributed by atoms with van der Waals surface area (Å²) in [7, 11) is 0. The number of carbonyl (C=O) groups excluding carboxylic acids is 2. The second kappa shape index (κ2) is 10.4. The average Bonchev–Trinajstić information content (AvgIpc) is 2.84. The Kier molecular flexibility index (Phi) is 7.57. The van der Waals surface area contributed by atoms with Crippen LogP contribution in [0.2, 0.25) is 10.0 Å². The van der Waals surface area contributed by atoms with E-state index in [1.165, 1.54) is 6.07 Å². The molecule has 4 rings (SSSR count). The van der Waals surface area contributed by atoms with Crippen molar-refractivity contribution in [2.24, 2.45) is 5.92 Å². The maximum atomic E-state index is 13.9. The van der Waals surface area contributed by atoms with Gasteiger partial charge in [-0.15, -0.1) is 0 Å². The van der Waals surface area contributed by atoms with Crippen molar-refractivity contribution in [3.8, 4) is 0 Å². The molecule has 5 nitrogen and oxygen atoms in total. The van der Waals surface area contributed by atoms with Crippen LogP contribution in [-0.4, -0.2) is 49.6 Å². The number of likely N-dealkylation sites (tertiary alicyclic amines) is 1. The van der Waals surface area contributed by atoms with Crippen molar-refractivity contribution in [2.75, 3.05) is 32.8 Å². The van der Waals surface area contributed by atoms with Gasteiger partial charge >= 0.3 is 0 Å². The Morgan fingerprint density at radius 2 is 1.91 bits per heavy atom. The molecule has 0 saturated carbocycles. The monoisotopic (exact) mass is 492 g/mol. The van der Waals surface area contributed by atoms with Crippen LogP contribution in [0.3, 0.4) is 0 Å². The molecule has 176 valence electrons. The summed E-state index contributed by atoms with van der Waals surface area (Å²) in [6.07, 6.45) is 2.88. The fourth-order valence-electron chi connectivity index (χ4n) is 4.74. The van der Waals surface area contributed by atoms with Crippen molar-refractivity contribution in [2.45, 2.75) is 31.1 Å². The predicted molar refractivity (Wildman–Crippen MR) is 126 cm³/mol. The van der Waals surface area contributed by atoms with Crippen LogP contribution >= 0.6 is 23.2 Å². The van der Waals surface area contributed by atoms with Gasteiger partial charge in [0.25, 0.3) is 5.91 Å². The molecule has 1 unspecified atom stereocenters. The number of rotatable bonds is 5. The molecule has 2 saturated heterocycles. The molecular weight excluding hydrogens is 466 g/mol. The van der Waals surface area contributed by atoms with Crippen molar-refractivity contribution in [1.29, 1.82) is 0 Å². The van der Waals surface area contributed by atoms with Crippen molar-refractivity contribution in [3.63, 3.8) is 0 Å². The number of benzene rings is 2. The molecule has 0 bridgehead atoms. The SMILES string of the molecule is O=C(NCC1(c2cccc(F)c2)CCOCC1)C1CCCN(C(=O)c2ccc(Cl)c(Cl)c2)C1. The lowest BCUT2D eigenvalue weighted by atomic mass is 9.74. The Morgan fingerprint density at radius 3 is 2.64 bits per heavy atom. The molecule has 2 aliphatic heterocycles. The van der Waals surface area contributed by atoms with Crippen LogP contribution in [0.5, 0.6) is 0 Å². The van der Waals surface area contributed by atoms with Gasteiger partial charge in [-0.1, -0.05) is 35.3 Å². The fraction of sp³-hybridized carbons (Fsp3) is 0.440. The molecule has 2 fully saturated rings. The van der Waals surface area contributed by atoms with Crippen LogP contribution in [0.1, 0.15) is 41.6 Å². The van der Waals surface area contributed by atoms with E-state index in [9.17, 15) is 14.0 Å². The third kappa shape index (κ3) is 5.51. The van der Waals surface area contributed by atoms with Gasteiger partial charge in [-0.3, -0.25) is 9.59 Å². The maximum Gasteiger partial charge on any atom is 0.253 e. The lowest BCUT2D eigenvalue weighted by molar-refractivity contribution is -0.126. The zero-order valence-electron chi connectivity index (χ0n) is 18.3. The summed E-state index contributed by atoms with van der Waals surface area (Å²) in [4.78, 5) is 27.7. The number of ether oxygens (including phenoxy) is 1. The Balaban J connectivity index is 1.42. The minimum absolute atomic E-state index is 0.0797. The highest BCUT2D eigenvalue weighted by Crippen LogP contribution is 2.35. The highest BCUT2D eigenvalue weighted by Gasteiger charge is 2.36. The first-order valence-electron chi connectivity index (χ1n) is 11.2. The summed E-state index contributed by atoms with van der Waals surface area (Å²) in [5.41, 5.74) is 0.976. The second-order valence-corrected chi connectivity index (χ2v) is 9.65. The Labute approximate surface area is 203 Å². The van der Waals surface area contributed by atoms with Gasteiger partial charge in [0.05, 0.1) is 16.0 Å². The second-order valence-electron chi connectivity index (χ2n) is 8.84. The van der Waals surface area contributed by atoms with E-state index < -0.39 is 0 Å². The number of hydrogen-bond donors (Lipinski definition) is 1. The summed E-state index contributed by atoms with van der Waals surface area (Å²) >= 11 is 12.0. The molecule has 2 heterocycles. The summed E-state index contributed by atoms with van der Waals surface area (Å²) < 4.78 is 19.4. The number of nitrogens with one attached hydrogen (secondary N) is 1. The smallest absolute Gasteiger partial charge is 0.253 e. The molecule has 8 heteroatoms. The normalized spacial score (nSPS) is 20.3. The van der Waals surface area contributed by atoms with Gasteiger partial charge in [0.1, 0.15) is 5.82 Å². The number of amides is 2. The van der Waals surface area contributed by atoms with Crippen LogP contribution in [0.4, 0.5) is 4.39 Å². The third-order valence-electron chi connectivity index (χ3n) is 6.73. The number of carbonyl (C=O) groups is 2. The molecule has 2 aromatic carbocycles. The quantitative estimate of drug-likeness (QED) is 0.648. The van der Waals surface area contributed by atoms with Crippen molar-refractivity contribution < 1.29 is 18.7 Å². The topological polar surface area (TPSA) is 58.6 Å². The Bertz CT molecular complexity index is 1030. The van der Waals surface area contributed by atoms with E-state index in [4.69, 9.17) is 27.9 Å². The first-order valence-corrected chi connectivity index (χ1v) is 12.0. The summed E-state index contributed by atoms with van der Waals surface area (Å²) in [6.45, 7) is 2.49. The molecule has 1 N–H and O–H groups in total. The van der Waals surface area contributed by atoms with Gasteiger partial charge in [-0.2, -0.15) is 0 Å². The molecule has 2 aromatic rings. The van der Waals surface area contributed by atoms with Gasteiger partial charge in [-0.05, 0) is 61.6 Å². The maximum absolute atomic E-state index is 13.9. The molecule has 1 atom stereocenters. The first-order chi connectivity index (χ1) is 15.9. The third-order valence-corrected chi connectivity index (χ3v) is 7.47. The van der Waals surface area contributed by atoms with Crippen molar-refractivity contribution in [3.05, 3.63) is 69.5 Å². The molecule has 2 amide bonds. The largest absolute Gasteiger partial charge is 0.381 e. The van der Waals surface area contributed by atoms with Gasteiger partial charge in [-0.25, -0.2) is 4.39 Å². The number of halogens is 3. The van der Waals surface area contributed by atoms with Crippen LogP contribution in [0.25, 0.3) is 0 Å². The van der Waals surface area contributed by atoms with Crippen LogP contribution in [-0.2, 0) is 14.9 Å². The van der Waals surface area contributed by atoms with Crippen molar-refractivity contribution in [1.82, 2.24) is 10.2 Å². The minimum atomic E-state index is -0.361. The lowest BCUT2D eigenvalue weighted by Gasteiger charge is -2.39. The molecule has 0 aromatic heterocycles. The summed E-state index contributed by atoms with van der Waals surface area (Å²) in [5, 5.41) is 3.82. The van der Waals surface area contributed by atoms with Crippen molar-refractivity contribution >= 4 is 35.0 Å². The van der Waals surface area contributed by atoms with Gasteiger partial charge in [0, 0.05) is 43.8 Å². The van der Waals surface area contributed by atoms with Crippen LogP contribution in [0, 0.1) is 11.7 Å². The van der Waals surface area contributed by atoms with E-state index in [2.05, 4.69) is 5.32 Å². The molecule has 33 heavy (non-hydrogen) atoms. The van der Waals surface area contributed by atoms with E-state index >= 15 is 0 Å².